The molecular formula is C14H15N3. The summed E-state index contributed by atoms with van der Waals surface area (Å²) < 4.78 is 1.99. The molecule has 1 aliphatic heterocycles. The molecule has 0 atom stereocenters. The molecule has 3 rings (SSSR count). The zero-order valence-electron chi connectivity index (χ0n) is 9.66. The first-order valence-electron chi connectivity index (χ1n) is 5.89. The summed E-state index contributed by atoms with van der Waals surface area (Å²) in [7, 11) is 0. The summed E-state index contributed by atoms with van der Waals surface area (Å²) in [6.07, 6.45) is 6.40. The molecule has 0 saturated carbocycles. The molecule has 0 radical (unpaired) electrons. The summed E-state index contributed by atoms with van der Waals surface area (Å²) in [5.74, 6) is 1.06. The predicted octanol–water partition coefficient (Wildman–Crippen LogP) is 2.31. The quantitative estimate of drug-likeness (QED) is 0.747. The minimum Gasteiger partial charge on any atom is -0.348 e. The van der Waals surface area contributed by atoms with Gasteiger partial charge in [-0.3, -0.25) is 4.68 Å². The van der Waals surface area contributed by atoms with Gasteiger partial charge in [0.05, 0.1) is 6.54 Å². The number of rotatable bonds is 3. The van der Waals surface area contributed by atoms with E-state index in [1.807, 2.05) is 16.9 Å². The molecule has 1 aromatic heterocycles. The lowest BCUT2D eigenvalue weighted by Gasteiger charge is -2.13. The van der Waals surface area contributed by atoms with Crippen LogP contribution in [0.2, 0.25) is 0 Å². The summed E-state index contributed by atoms with van der Waals surface area (Å²) >= 11 is 0. The van der Waals surface area contributed by atoms with Crippen molar-refractivity contribution in [2.24, 2.45) is 0 Å². The predicted molar refractivity (Wildman–Crippen MR) is 69.1 cm³/mol. The molecule has 86 valence electrons. The Labute approximate surface area is 101 Å². The van der Waals surface area contributed by atoms with E-state index in [-0.39, 0.29) is 0 Å². The third-order valence-corrected chi connectivity index (χ3v) is 2.96. The number of nitrogens with zero attached hydrogens (tertiary/aromatic N) is 3. The van der Waals surface area contributed by atoms with Crippen molar-refractivity contribution in [3.05, 3.63) is 60.3 Å². The largest absolute Gasteiger partial charge is 0.348 e. The van der Waals surface area contributed by atoms with Gasteiger partial charge in [-0.1, -0.05) is 42.5 Å². The Morgan fingerprint density at radius 3 is 2.53 bits per heavy atom. The smallest absolute Gasteiger partial charge is 0.151 e. The lowest BCUT2D eigenvalue weighted by Crippen LogP contribution is -2.19. The molecule has 2 aromatic rings. The average molecular weight is 225 g/mol. The highest BCUT2D eigenvalue weighted by atomic mass is 15.3. The van der Waals surface area contributed by atoms with Crippen molar-refractivity contribution in [2.75, 3.05) is 18.0 Å². The van der Waals surface area contributed by atoms with Crippen LogP contribution in [0.25, 0.3) is 0 Å². The lowest BCUT2D eigenvalue weighted by atomic mass is 10.2. The second kappa shape index (κ2) is 4.45. The number of anilines is 1. The van der Waals surface area contributed by atoms with Gasteiger partial charge in [-0.15, -0.1) is 0 Å². The molecule has 0 saturated heterocycles. The summed E-state index contributed by atoms with van der Waals surface area (Å²) in [5, 5.41) is 4.59. The van der Waals surface area contributed by atoms with Crippen LogP contribution in [-0.2, 0) is 6.54 Å². The molecule has 1 aromatic carbocycles. The lowest BCUT2D eigenvalue weighted by molar-refractivity contribution is 0.682. The molecule has 0 unspecified atom stereocenters. The third-order valence-electron chi connectivity index (χ3n) is 2.96. The number of hydrogen-bond donors (Lipinski definition) is 0. The highest BCUT2D eigenvalue weighted by Gasteiger charge is 2.10. The molecule has 17 heavy (non-hydrogen) atoms. The van der Waals surface area contributed by atoms with Crippen LogP contribution in [0, 0.1) is 0 Å². The van der Waals surface area contributed by atoms with Gasteiger partial charge in [0, 0.05) is 25.4 Å². The zero-order valence-corrected chi connectivity index (χ0v) is 9.66. The third kappa shape index (κ3) is 2.23. The summed E-state index contributed by atoms with van der Waals surface area (Å²) in [5.41, 5.74) is 1.28. The highest BCUT2D eigenvalue weighted by molar-refractivity contribution is 5.41. The van der Waals surface area contributed by atoms with E-state index >= 15 is 0 Å². The van der Waals surface area contributed by atoms with E-state index in [2.05, 4.69) is 52.5 Å². The molecule has 0 N–H and O–H groups in total. The van der Waals surface area contributed by atoms with E-state index in [9.17, 15) is 0 Å². The van der Waals surface area contributed by atoms with Crippen molar-refractivity contribution >= 4 is 5.82 Å². The van der Waals surface area contributed by atoms with Gasteiger partial charge in [0.1, 0.15) is 0 Å². The van der Waals surface area contributed by atoms with E-state index in [4.69, 9.17) is 0 Å². The molecule has 3 heteroatoms. The van der Waals surface area contributed by atoms with Gasteiger partial charge >= 0.3 is 0 Å². The fraction of sp³-hybridized carbons (Fsp3) is 0.214. The molecule has 3 nitrogen and oxygen atoms in total. The van der Waals surface area contributed by atoms with Crippen LogP contribution in [0.3, 0.4) is 0 Å². The zero-order chi connectivity index (χ0) is 11.5. The topological polar surface area (TPSA) is 21.1 Å². The second-order valence-corrected chi connectivity index (χ2v) is 4.23. The van der Waals surface area contributed by atoms with Crippen LogP contribution in [0.4, 0.5) is 5.82 Å². The van der Waals surface area contributed by atoms with Crippen LogP contribution >= 0.6 is 0 Å². The molecule has 2 heterocycles. The summed E-state index contributed by atoms with van der Waals surface area (Å²) in [6.45, 7) is 2.78. The first-order chi connectivity index (χ1) is 8.42. The van der Waals surface area contributed by atoms with Gasteiger partial charge in [-0.25, -0.2) is 0 Å². The van der Waals surface area contributed by atoms with Gasteiger partial charge in [0.2, 0.25) is 0 Å². The van der Waals surface area contributed by atoms with Gasteiger partial charge in [0.25, 0.3) is 0 Å². The van der Waals surface area contributed by atoms with E-state index in [1.165, 1.54) is 5.56 Å². The van der Waals surface area contributed by atoms with Gasteiger partial charge in [-0.05, 0) is 5.56 Å². The SMILES string of the molecule is C1=CCN(c2ccn(Cc3ccccc3)n2)C1. The minimum absolute atomic E-state index is 0.835. The van der Waals surface area contributed by atoms with Crippen molar-refractivity contribution < 1.29 is 0 Å². The monoisotopic (exact) mass is 225 g/mol. The van der Waals surface area contributed by atoms with E-state index in [1.54, 1.807) is 0 Å². The molecular weight excluding hydrogens is 210 g/mol. The normalized spacial score (nSPS) is 14.5. The average Bonchev–Trinajstić information content (AvgIpc) is 3.00. The Hall–Kier alpha value is -2.03. The minimum atomic E-state index is 0.835. The van der Waals surface area contributed by atoms with Crippen molar-refractivity contribution in [3.8, 4) is 0 Å². The number of benzene rings is 1. The first-order valence-corrected chi connectivity index (χ1v) is 5.89. The van der Waals surface area contributed by atoms with Gasteiger partial charge in [0.15, 0.2) is 5.82 Å². The van der Waals surface area contributed by atoms with Crippen LogP contribution < -0.4 is 4.90 Å². The molecule has 0 spiro atoms. The van der Waals surface area contributed by atoms with Crippen molar-refractivity contribution in [1.29, 1.82) is 0 Å². The van der Waals surface area contributed by atoms with Crippen LogP contribution in [0.15, 0.2) is 54.7 Å². The Morgan fingerprint density at radius 2 is 1.76 bits per heavy atom. The Morgan fingerprint density at radius 1 is 1.00 bits per heavy atom. The molecule has 0 amide bonds. The van der Waals surface area contributed by atoms with E-state index in [0.717, 1.165) is 25.5 Å². The van der Waals surface area contributed by atoms with Crippen molar-refractivity contribution in [1.82, 2.24) is 9.78 Å². The fourth-order valence-electron chi connectivity index (χ4n) is 2.04. The van der Waals surface area contributed by atoms with E-state index in [0.29, 0.717) is 0 Å². The van der Waals surface area contributed by atoms with E-state index < -0.39 is 0 Å². The maximum absolute atomic E-state index is 4.59. The molecule has 0 fully saturated rings. The molecule has 0 aliphatic carbocycles. The first kappa shape index (κ1) is 10.1. The van der Waals surface area contributed by atoms with Crippen LogP contribution in [0.5, 0.6) is 0 Å². The second-order valence-electron chi connectivity index (χ2n) is 4.23. The van der Waals surface area contributed by atoms with Gasteiger partial charge in [-0.2, -0.15) is 5.10 Å². The van der Waals surface area contributed by atoms with Crippen molar-refractivity contribution in [2.45, 2.75) is 6.54 Å². The summed E-state index contributed by atoms with van der Waals surface area (Å²) in [4.78, 5) is 2.25. The maximum atomic E-state index is 4.59. The van der Waals surface area contributed by atoms with Crippen LogP contribution in [-0.4, -0.2) is 22.9 Å². The maximum Gasteiger partial charge on any atom is 0.151 e. The highest BCUT2D eigenvalue weighted by Crippen LogP contribution is 2.14. The van der Waals surface area contributed by atoms with Crippen molar-refractivity contribution in [3.63, 3.8) is 0 Å². The standard InChI is InChI=1S/C14H15N3/c1-2-6-13(7-3-1)12-17-11-8-14(15-17)16-9-4-5-10-16/h1-8,11H,9-10,12H2. The van der Waals surface area contributed by atoms with Crippen LogP contribution in [0.1, 0.15) is 5.56 Å². The summed E-state index contributed by atoms with van der Waals surface area (Å²) in [6, 6.07) is 12.5. The molecule has 0 bridgehead atoms. The number of aromatic nitrogens is 2. The Bertz CT molecular complexity index is 505. The van der Waals surface area contributed by atoms with Gasteiger partial charge < -0.3 is 4.90 Å². The molecule has 1 aliphatic rings. The Kier molecular flexibility index (Phi) is 2.66. The Balaban J connectivity index is 1.72. The number of hydrogen-bond acceptors (Lipinski definition) is 2. The fourth-order valence-corrected chi connectivity index (χ4v) is 2.04.